The van der Waals surface area contributed by atoms with Crippen LogP contribution in [0.2, 0.25) is 0 Å². The molecule has 2 rings (SSSR count). The number of hydrogen-bond acceptors (Lipinski definition) is 3. The van der Waals surface area contributed by atoms with Gasteiger partial charge in [0.1, 0.15) is 0 Å². The molecule has 0 aliphatic carbocycles. The van der Waals surface area contributed by atoms with Gasteiger partial charge in [-0.25, -0.2) is 0 Å². The Balaban J connectivity index is 1.88. The average Bonchev–Trinajstić information content (AvgIpc) is 2.90. The Kier molecular flexibility index (Phi) is 4.18. The second-order valence-electron chi connectivity index (χ2n) is 5.06. The Morgan fingerprint density at radius 1 is 1.59 bits per heavy atom. The molecule has 1 N–H and O–H groups in total. The van der Waals surface area contributed by atoms with Gasteiger partial charge in [0.2, 0.25) is 0 Å². The Morgan fingerprint density at radius 2 is 2.41 bits per heavy atom. The quantitative estimate of drug-likeness (QED) is 0.839. The first-order valence-electron chi connectivity index (χ1n) is 6.64. The molecule has 4 nitrogen and oxygen atoms in total. The second kappa shape index (κ2) is 5.65. The molecule has 1 fully saturated rings. The van der Waals surface area contributed by atoms with Gasteiger partial charge in [-0.2, -0.15) is 5.10 Å². The summed E-state index contributed by atoms with van der Waals surface area (Å²) in [5.74, 6) is 0. The number of hydrogen-bond donors (Lipinski definition) is 1. The van der Waals surface area contributed by atoms with Gasteiger partial charge in [-0.05, 0) is 40.3 Å². The van der Waals surface area contributed by atoms with Gasteiger partial charge in [-0.1, -0.05) is 0 Å². The van der Waals surface area contributed by atoms with E-state index in [4.69, 9.17) is 0 Å². The highest BCUT2D eigenvalue weighted by Crippen LogP contribution is 2.12. The molecule has 1 atom stereocenters. The number of nitrogens with zero attached hydrogens (tertiary/aromatic N) is 3. The number of aryl methyl sites for hydroxylation is 1. The summed E-state index contributed by atoms with van der Waals surface area (Å²) in [6.45, 7) is 8.58. The molecule has 2 heterocycles. The number of rotatable bonds is 5. The minimum Gasteiger partial charge on any atom is -0.313 e. The summed E-state index contributed by atoms with van der Waals surface area (Å²) in [6.07, 6.45) is 4.65. The number of nitrogens with one attached hydrogen (secondary N) is 1. The zero-order valence-corrected chi connectivity index (χ0v) is 11.2. The smallest absolute Gasteiger partial charge is 0.0537 e. The van der Waals surface area contributed by atoms with E-state index in [1.54, 1.807) is 0 Å². The lowest BCUT2D eigenvalue weighted by Crippen LogP contribution is -2.35. The first-order chi connectivity index (χ1) is 8.20. The summed E-state index contributed by atoms with van der Waals surface area (Å²) >= 11 is 0. The number of likely N-dealkylation sites (N-methyl/N-ethyl adjacent to an activating group) is 1. The first-order valence-corrected chi connectivity index (χ1v) is 6.64. The normalized spacial score (nSPS) is 20.4. The van der Waals surface area contributed by atoms with Crippen molar-refractivity contribution in [3.63, 3.8) is 0 Å². The number of aromatic nitrogens is 2. The van der Waals surface area contributed by atoms with Crippen molar-refractivity contribution in [3.05, 3.63) is 17.5 Å². The van der Waals surface area contributed by atoms with Crippen LogP contribution in [0.4, 0.5) is 0 Å². The highest BCUT2D eigenvalue weighted by Gasteiger charge is 2.16. The Hall–Kier alpha value is -0.870. The molecule has 1 aliphatic heterocycles. The van der Waals surface area contributed by atoms with Crippen molar-refractivity contribution in [1.82, 2.24) is 20.0 Å². The van der Waals surface area contributed by atoms with Crippen LogP contribution in [0.15, 0.2) is 6.20 Å². The van der Waals surface area contributed by atoms with Crippen LogP contribution in [0.3, 0.4) is 0 Å². The van der Waals surface area contributed by atoms with Crippen LogP contribution in [-0.2, 0) is 13.1 Å². The van der Waals surface area contributed by atoms with E-state index in [-0.39, 0.29) is 0 Å². The zero-order chi connectivity index (χ0) is 12.3. The zero-order valence-electron chi connectivity index (χ0n) is 11.2. The van der Waals surface area contributed by atoms with Crippen molar-refractivity contribution in [3.8, 4) is 0 Å². The van der Waals surface area contributed by atoms with Gasteiger partial charge in [0.15, 0.2) is 0 Å². The summed E-state index contributed by atoms with van der Waals surface area (Å²) < 4.78 is 2.07. The summed E-state index contributed by atoms with van der Waals surface area (Å²) in [4.78, 5) is 2.40. The van der Waals surface area contributed by atoms with Crippen LogP contribution in [0.1, 0.15) is 31.0 Å². The second-order valence-corrected chi connectivity index (χ2v) is 5.06. The maximum atomic E-state index is 4.39. The van der Waals surface area contributed by atoms with Crippen LogP contribution < -0.4 is 5.32 Å². The third kappa shape index (κ3) is 3.07. The summed E-state index contributed by atoms with van der Waals surface area (Å²) in [7, 11) is 2.20. The van der Waals surface area contributed by atoms with E-state index in [1.807, 2.05) is 6.20 Å². The van der Waals surface area contributed by atoms with Gasteiger partial charge in [0.25, 0.3) is 0 Å². The summed E-state index contributed by atoms with van der Waals surface area (Å²) in [6, 6.07) is 0.682. The maximum Gasteiger partial charge on any atom is 0.0537 e. The molecular weight excluding hydrogens is 212 g/mol. The van der Waals surface area contributed by atoms with Crippen molar-refractivity contribution in [2.24, 2.45) is 0 Å². The Bertz CT molecular complexity index is 352. The molecule has 0 aromatic carbocycles. The van der Waals surface area contributed by atoms with E-state index in [1.165, 1.54) is 30.6 Å². The molecule has 96 valence electrons. The Labute approximate surface area is 104 Å². The minimum absolute atomic E-state index is 0.682. The fourth-order valence-electron chi connectivity index (χ4n) is 2.60. The van der Waals surface area contributed by atoms with E-state index in [0.717, 1.165) is 19.6 Å². The van der Waals surface area contributed by atoms with Gasteiger partial charge in [-0.15, -0.1) is 0 Å². The standard InChI is InChI=1S/C13H24N4/c1-4-17-11(2)12(8-15-17)9-16(3)10-13-6-5-7-14-13/h8,13-14H,4-7,9-10H2,1-3H3/t13-/m0/s1. The van der Waals surface area contributed by atoms with Gasteiger partial charge in [-0.3, -0.25) is 4.68 Å². The van der Waals surface area contributed by atoms with Gasteiger partial charge >= 0.3 is 0 Å². The van der Waals surface area contributed by atoms with Crippen LogP contribution in [0.5, 0.6) is 0 Å². The van der Waals surface area contributed by atoms with Gasteiger partial charge in [0.05, 0.1) is 6.20 Å². The largest absolute Gasteiger partial charge is 0.313 e. The third-order valence-corrected chi connectivity index (χ3v) is 3.64. The van der Waals surface area contributed by atoms with Crippen LogP contribution >= 0.6 is 0 Å². The van der Waals surface area contributed by atoms with Crippen LogP contribution in [0.25, 0.3) is 0 Å². The van der Waals surface area contributed by atoms with Crippen molar-refractivity contribution in [1.29, 1.82) is 0 Å². The van der Waals surface area contributed by atoms with Crippen molar-refractivity contribution in [2.75, 3.05) is 20.1 Å². The van der Waals surface area contributed by atoms with E-state index in [2.05, 4.69) is 40.9 Å². The first kappa shape index (κ1) is 12.6. The SMILES string of the molecule is CCn1ncc(CN(C)C[C@@H]2CCCN2)c1C. The lowest BCUT2D eigenvalue weighted by molar-refractivity contribution is 0.292. The molecule has 1 saturated heterocycles. The van der Waals surface area contributed by atoms with Gasteiger partial charge in [0, 0.05) is 36.9 Å². The molecule has 1 aromatic rings. The van der Waals surface area contributed by atoms with Gasteiger partial charge < -0.3 is 10.2 Å². The fourth-order valence-corrected chi connectivity index (χ4v) is 2.60. The summed E-state index contributed by atoms with van der Waals surface area (Å²) in [5.41, 5.74) is 2.66. The highest BCUT2D eigenvalue weighted by molar-refractivity contribution is 5.15. The molecule has 1 aliphatic rings. The molecule has 0 unspecified atom stereocenters. The molecule has 1 aromatic heterocycles. The van der Waals surface area contributed by atoms with E-state index in [0.29, 0.717) is 6.04 Å². The molecule has 0 bridgehead atoms. The lowest BCUT2D eigenvalue weighted by Gasteiger charge is -2.20. The lowest BCUT2D eigenvalue weighted by atomic mass is 10.2. The van der Waals surface area contributed by atoms with Crippen LogP contribution in [-0.4, -0.2) is 40.9 Å². The summed E-state index contributed by atoms with van der Waals surface area (Å²) in [5, 5.41) is 7.94. The average molecular weight is 236 g/mol. The van der Waals surface area contributed by atoms with Crippen LogP contribution in [0, 0.1) is 6.92 Å². The molecule has 17 heavy (non-hydrogen) atoms. The predicted octanol–water partition coefficient (Wildman–Crippen LogP) is 1.40. The van der Waals surface area contributed by atoms with E-state index < -0.39 is 0 Å². The Morgan fingerprint density at radius 3 is 3.00 bits per heavy atom. The molecular formula is C13H24N4. The fraction of sp³-hybridized carbons (Fsp3) is 0.769. The topological polar surface area (TPSA) is 33.1 Å². The van der Waals surface area contributed by atoms with Crippen molar-refractivity contribution < 1.29 is 0 Å². The predicted molar refractivity (Wildman–Crippen MR) is 70.0 cm³/mol. The molecule has 0 radical (unpaired) electrons. The van der Waals surface area contributed by atoms with Crippen molar-refractivity contribution >= 4 is 0 Å². The minimum atomic E-state index is 0.682. The van der Waals surface area contributed by atoms with Crippen molar-refractivity contribution in [2.45, 2.75) is 45.8 Å². The molecule has 4 heteroatoms. The monoisotopic (exact) mass is 236 g/mol. The molecule has 0 amide bonds. The molecule has 0 saturated carbocycles. The van der Waals surface area contributed by atoms with E-state index in [9.17, 15) is 0 Å². The maximum absolute atomic E-state index is 4.39. The molecule has 0 spiro atoms. The highest BCUT2D eigenvalue weighted by atomic mass is 15.3. The van der Waals surface area contributed by atoms with E-state index >= 15 is 0 Å². The third-order valence-electron chi connectivity index (χ3n) is 3.64.